The Bertz CT molecular complexity index is 1110. The smallest absolute Gasteiger partial charge is 0.410 e. The van der Waals surface area contributed by atoms with Gasteiger partial charge in [0.25, 0.3) is 0 Å². The molecule has 9 heteroatoms. The molecule has 8 nitrogen and oxygen atoms in total. The molecule has 1 aromatic carbocycles. The largest absolute Gasteiger partial charge is 0.473 e. The van der Waals surface area contributed by atoms with Crippen LogP contribution in [0.2, 0.25) is 0 Å². The highest BCUT2D eigenvalue weighted by atomic mass is 32.1. The van der Waals surface area contributed by atoms with Crippen LogP contribution in [0.4, 0.5) is 9.93 Å². The number of likely N-dealkylation sites (tertiary alicyclic amines) is 1. The topological polar surface area (TPSA) is 89.5 Å². The predicted octanol–water partition coefficient (Wildman–Crippen LogP) is 5.22. The van der Waals surface area contributed by atoms with E-state index >= 15 is 0 Å². The van der Waals surface area contributed by atoms with E-state index in [1.807, 2.05) is 39.0 Å². The maximum Gasteiger partial charge on any atom is 0.410 e. The lowest BCUT2D eigenvalue weighted by Gasteiger charge is -2.36. The maximum absolute atomic E-state index is 12.4. The van der Waals surface area contributed by atoms with Gasteiger partial charge in [0.15, 0.2) is 5.13 Å². The van der Waals surface area contributed by atoms with Crippen molar-refractivity contribution in [3.63, 3.8) is 0 Å². The molecule has 2 aromatic heterocycles. The van der Waals surface area contributed by atoms with Gasteiger partial charge in [-0.2, -0.15) is 0 Å². The van der Waals surface area contributed by atoms with Crippen molar-refractivity contribution in [1.82, 2.24) is 19.9 Å². The second kappa shape index (κ2) is 9.37. The molecule has 5 rings (SSSR count). The van der Waals surface area contributed by atoms with E-state index in [4.69, 9.17) is 9.47 Å². The first kappa shape index (κ1) is 22.8. The minimum atomic E-state index is -0.484. The van der Waals surface area contributed by atoms with Gasteiger partial charge in [-0.25, -0.2) is 14.8 Å². The SMILES string of the molecule is CC(C)(C)OC(=O)N1CCC(c2nccnc2OC2CC(Nc3nc4ccccc4s3)C2)CC1. The van der Waals surface area contributed by atoms with E-state index in [1.165, 1.54) is 4.70 Å². The number of nitrogens with one attached hydrogen (secondary N) is 1. The summed E-state index contributed by atoms with van der Waals surface area (Å²) in [5.74, 6) is 0.848. The molecular formula is C25H31N5O3S. The van der Waals surface area contributed by atoms with E-state index in [0.29, 0.717) is 25.0 Å². The average molecular weight is 482 g/mol. The Morgan fingerprint density at radius 2 is 1.85 bits per heavy atom. The predicted molar refractivity (Wildman–Crippen MR) is 132 cm³/mol. The quantitative estimate of drug-likeness (QED) is 0.534. The first-order valence-electron chi connectivity index (χ1n) is 11.9. The first-order chi connectivity index (χ1) is 16.3. The van der Waals surface area contributed by atoms with E-state index in [2.05, 4.69) is 26.3 Å². The van der Waals surface area contributed by atoms with Crippen LogP contribution in [0, 0.1) is 0 Å². The van der Waals surface area contributed by atoms with Crippen LogP contribution in [0.25, 0.3) is 10.2 Å². The van der Waals surface area contributed by atoms with Crippen LogP contribution in [0.5, 0.6) is 5.88 Å². The number of carbonyl (C=O) groups is 1. The molecule has 1 saturated heterocycles. The molecule has 2 fully saturated rings. The highest BCUT2D eigenvalue weighted by Crippen LogP contribution is 2.36. The Balaban J connectivity index is 1.14. The minimum Gasteiger partial charge on any atom is -0.473 e. The first-order valence-corrected chi connectivity index (χ1v) is 12.7. The van der Waals surface area contributed by atoms with Gasteiger partial charge in [-0.15, -0.1) is 0 Å². The van der Waals surface area contributed by atoms with E-state index in [0.717, 1.165) is 42.0 Å². The number of ether oxygens (including phenoxy) is 2. The summed E-state index contributed by atoms with van der Waals surface area (Å²) in [6.07, 6.45) is 6.73. The Kier molecular flexibility index (Phi) is 6.29. The summed E-state index contributed by atoms with van der Waals surface area (Å²) in [6, 6.07) is 8.54. The number of fused-ring (bicyclic) bond motifs is 1. The van der Waals surface area contributed by atoms with Crippen molar-refractivity contribution in [1.29, 1.82) is 0 Å². The third kappa shape index (κ3) is 5.24. The third-order valence-corrected chi connectivity index (χ3v) is 7.19. The third-order valence-electron chi connectivity index (χ3n) is 6.22. The molecule has 1 saturated carbocycles. The summed E-state index contributed by atoms with van der Waals surface area (Å²) in [7, 11) is 0. The van der Waals surface area contributed by atoms with Crippen molar-refractivity contribution in [2.24, 2.45) is 0 Å². The van der Waals surface area contributed by atoms with E-state index in [1.54, 1.807) is 28.6 Å². The number of thiazole rings is 1. The fourth-order valence-electron chi connectivity index (χ4n) is 4.41. The average Bonchev–Trinajstić information content (AvgIpc) is 3.19. The number of nitrogens with zero attached hydrogens (tertiary/aromatic N) is 4. The van der Waals surface area contributed by atoms with Crippen LogP contribution in [-0.2, 0) is 4.74 Å². The molecule has 0 spiro atoms. The molecule has 3 aromatic rings. The number of amides is 1. The Hall–Kier alpha value is -2.94. The molecule has 1 aliphatic heterocycles. The molecule has 0 bridgehead atoms. The zero-order chi connectivity index (χ0) is 23.7. The van der Waals surface area contributed by atoms with Gasteiger partial charge in [-0.1, -0.05) is 23.5 Å². The molecule has 1 amide bonds. The summed E-state index contributed by atoms with van der Waals surface area (Å²) in [4.78, 5) is 27.9. The molecule has 0 unspecified atom stereocenters. The fraction of sp³-hybridized carbons (Fsp3) is 0.520. The highest BCUT2D eigenvalue weighted by molar-refractivity contribution is 7.22. The zero-order valence-electron chi connectivity index (χ0n) is 19.9. The van der Waals surface area contributed by atoms with Crippen LogP contribution in [0.1, 0.15) is 58.1 Å². The van der Waals surface area contributed by atoms with Crippen molar-refractivity contribution in [3.8, 4) is 5.88 Å². The van der Waals surface area contributed by atoms with Crippen LogP contribution >= 0.6 is 11.3 Å². The van der Waals surface area contributed by atoms with Crippen LogP contribution < -0.4 is 10.1 Å². The van der Waals surface area contributed by atoms with E-state index < -0.39 is 5.60 Å². The second-order valence-corrected chi connectivity index (χ2v) is 11.1. The Labute approximate surface area is 203 Å². The molecule has 1 N–H and O–H groups in total. The lowest BCUT2D eigenvalue weighted by molar-refractivity contribution is 0.0202. The second-order valence-electron chi connectivity index (χ2n) is 10.0. The van der Waals surface area contributed by atoms with Crippen molar-refractivity contribution >= 4 is 32.8 Å². The van der Waals surface area contributed by atoms with Gasteiger partial charge in [0.2, 0.25) is 5.88 Å². The van der Waals surface area contributed by atoms with Crippen LogP contribution in [0.15, 0.2) is 36.7 Å². The number of benzene rings is 1. The number of carbonyl (C=O) groups excluding carboxylic acids is 1. The van der Waals surface area contributed by atoms with Crippen molar-refractivity contribution < 1.29 is 14.3 Å². The molecule has 3 heterocycles. The normalized spacial score (nSPS) is 21.2. The highest BCUT2D eigenvalue weighted by Gasteiger charge is 2.34. The van der Waals surface area contributed by atoms with Gasteiger partial charge >= 0.3 is 6.09 Å². The van der Waals surface area contributed by atoms with Crippen LogP contribution in [0.3, 0.4) is 0 Å². The Morgan fingerprint density at radius 3 is 2.59 bits per heavy atom. The lowest BCUT2D eigenvalue weighted by atomic mass is 9.89. The minimum absolute atomic E-state index is 0.115. The van der Waals surface area contributed by atoms with Gasteiger partial charge in [0, 0.05) is 50.3 Å². The van der Waals surface area contributed by atoms with E-state index in [-0.39, 0.29) is 18.1 Å². The van der Waals surface area contributed by atoms with Gasteiger partial charge in [-0.05, 0) is 45.7 Å². The number of para-hydroxylation sites is 1. The van der Waals surface area contributed by atoms with Crippen molar-refractivity contribution in [2.45, 2.75) is 70.1 Å². The maximum atomic E-state index is 12.4. The number of anilines is 1. The van der Waals surface area contributed by atoms with Gasteiger partial charge < -0.3 is 19.7 Å². The molecule has 34 heavy (non-hydrogen) atoms. The van der Waals surface area contributed by atoms with Gasteiger partial charge in [0.1, 0.15) is 17.4 Å². The summed E-state index contributed by atoms with van der Waals surface area (Å²) in [5, 5.41) is 4.49. The Morgan fingerprint density at radius 1 is 1.12 bits per heavy atom. The molecule has 180 valence electrons. The number of aromatic nitrogens is 3. The van der Waals surface area contributed by atoms with Gasteiger partial charge in [0.05, 0.1) is 10.2 Å². The molecular weight excluding hydrogens is 450 g/mol. The molecule has 1 aliphatic carbocycles. The standard InChI is InChI=1S/C25H31N5O3S/c1-25(2,3)33-24(31)30-12-8-16(9-13-30)21-22(27-11-10-26-21)32-18-14-17(15-18)28-23-29-19-6-4-5-7-20(19)34-23/h4-7,10-11,16-18H,8-9,12-15H2,1-3H3,(H,28,29). The van der Waals surface area contributed by atoms with Crippen molar-refractivity contribution in [2.75, 3.05) is 18.4 Å². The summed E-state index contributed by atoms with van der Waals surface area (Å²) in [5.41, 5.74) is 1.44. The molecule has 0 atom stereocenters. The lowest BCUT2D eigenvalue weighted by Crippen LogP contribution is -2.43. The molecule has 0 radical (unpaired) electrons. The monoisotopic (exact) mass is 481 g/mol. The zero-order valence-corrected chi connectivity index (χ0v) is 20.7. The summed E-state index contributed by atoms with van der Waals surface area (Å²) < 4.78 is 13.0. The van der Waals surface area contributed by atoms with E-state index in [9.17, 15) is 4.79 Å². The van der Waals surface area contributed by atoms with Crippen molar-refractivity contribution in [3.05, 3.63) is 42.4 Å². The number of piperidine rings is 1. The number of rotatable bonds is 5. The number of hydrogen-bond donors (Lipinski definition) is 1. The van der Waals surface area contributed by atoms with Gasteiger partial charge in [-0.3, -0.25) is 4.98 Å². The van der Waals surface area contributed by atoms with Crippen LogP contribution in [-0.4, -0.2) is 56.8 Å². The molecule has 2 aliphatic rings. The fourth-order valence-corrected chi connectivity index (χ4v) is 5.36. The summed E-state index contributed by atoms with van der Waals surface area (Å²) in [6.45, 7) is 6.96. The summed E-state index contributed by atoms with van der Waals surface area (Å²) >= 11 is 1.68. The number of hydrogen-bond acceptors (Lipinski definition) is 8.